The third kappa shape index (κ3) is 3.86. The van der Waals surface area contributed by atoms with Gasteiger partial charge in [0.25, 0.3) is 0 Å². The van der Waals surface area contributed by atoms with E-state index >= 15 is 0 Å². The van der Waals surface area contributed by atoms with Crippen LogP contribution in [-0.2, 0) is 28.9 Å². The van der Waals surface area contributed by atoms with Crippen molar-refractivity contribution in [1.82, 2.24) is 4.90 Å². The van der Waals surface area contributed by atoms with Crippen LogP contribution in [0.5, 0.6) is 0 Å². The molecule has 3 aliphatic carbocycles. The van der Waals surface area contributed by atoms with E-state index in [1.807, 2.05) is 55.5 Å². The van der Waals surface area contributed by atoms with Crippen LogP contribution >= 0.6 is 23.2 Å². The summed E-state index contributed by atoms with van der Waals surface area (Å²) in [7, 11) is 0. The zero-order valence-corrected chi connectivity index (χ0v) is 24.0. The second-order valence-corrected chi connectivity index (χ2v) is 11.9. The second kappa shape index (κ2) is 10.00. The molecule has 1 aliphatic heterocycles. The van der Waals surface area contributed by atoms with Crippen LogP contribution in [-0.4, -0.2) is 41.2 Å². The van der Waals surface area contributed by atoms with E-state index in [-0.39, 0.29) is 0 Å². The van der Waals surface area contributed by atoms with Gasteiger partial charge in [-0.05, 0) is 59.9 Å². The van der Waals surface area contributed by atoms with Crippen molar-refractivity contribution < 1.29 is 23.9 Å². The summed E-state index contributed by atoms with van der Waals surface area (Å²) in [4.78, 5) is 52.1. The first kappa shape index (κ1) is 27.5. The smallest absolute Gasteiger partial charge is 0.338 e. The van der Waals surface area contributed by atoms with E-state index in [0.29, 0.717) is 40.1 Å². The molecule has 3 aromatic rings. The van der Waals surface area contributed by atoms with Gasteiger partial charge in [-0.1, -0.05) is 61.9 Å². The van der Waals surface area contributed by atoms with Gasteiger partial charge in [0.1, 0.15) is 15.8 Å². The Morgan fingerprint density at radius 2 is 1.32 bits per heavy atom. The van der Waals surface area contributed by atoms with E-state index in [9.17, 15) is 19.2 Å². The number of unbranched alkanes of at least 4 members (excludes halogenated alkanes) is 1. The average Bonchev–Trinajstić information content (AvgIpc) is 3.26. The number of nitrogens with one attached hydrogen (secondary N) is 1. The fourth-order valence-corrected chi connectivity index (χ4v) is 7.61. The number of alkyl halides is 2. The van der Waals surface area contributed by atoms with Gasteiger partial charge < -0.3 is 10.1 Å². The Morgan fingerprint density at radius 3 is 1.76 bits per heavy atom. The number of carbonyl (C=O) groups is 4. The van der Waals surface area contributed by atoms with Crippen LogP contribution in [0.3, 0.4) is 0 Å². The van der Waals surface area contributed by atoms with Crippen molar-refractivity contribution in [1.29, 1.82) is 0 Å². The third-order valence-corrected chi connectivity index (χ3v) is 9.79. The van der Waals surface area contributed by atoms with Crippen LogP contribution in [0.1, 0.15) is 59.3 Å². The number of nitrogens with zero attached hydrogens (tertiary/aromatic N) is 1. The molecule has 0 saturated carbocycles. The molecule has 1 fully saturated rings. The fraction of sp³-hybridized carbons (Fsp3) is 0.312. The van der Waals surface area contributed by atoms with E-state index in [2.05, 4.69) is 5.32 Å². The van der Waals surface area contributed by atoms with Crippen molar-refractivity contribution in [3.8, 4) is 0 Å². The van der Waals surface area contributed by atoms with E-state index in [1.165, 1.54) is 6.92 Å². The molecule has 41 heavy (non-hydrogen) atoms. The van der Waals surface area contributed by atoms with Crippen molar-refractivity contribution in [2.75, 3.05) is 11.9 Å². The number of benzene rings is 3. The quantitative estimate of drug-likeness (QED) is 0.168. The lowest BCUT2D eigenvalue weighted by atomic mass is 9.54. The van der Waals surface area contributed by atoms with Gasteiger partial charge >= 0.3 is 5.97 Å². The monoisotopic (exact) mass is 590 g/mol. The van der Waals surface area contributed by atoms with Gasteiger partial charge in [-0.25, -0.2) is 4.79 Å². The summed E-state index contributed by atoms with van der Waals surface area (Å²) in [5, 5.41) is 2.75. The van der Waals surface area contributed by atoms with Crippen LogP contribution in [0.4, 0.5) is 5.69 Å². The number of hydrogen-bond donors (Lipinski definition) is 1. The lowest BCUT2D eigenvalue weighted by Crippen LogP contribution is -2.57. The summed E-state index contributed by atoms with van der Waals surface area (Å²) in [5.41, 5.74) is 3.56. The molecule has 1 saturated heterocycles. The maximum atomic E-state index is 14.1. The molecular weight excluding hydrogens is 563 g/mol. The van der Waals surface area contributed by atoms with Crippen molar-refractivity contribution in [2.24, 2.45) is 11.8 Å². The summed E-state index contributed by atoms with van der Waals surface area (Å²) >= 11 is 14.9. The topological polar surface area (TPSA) is 92.8 Å². The summed E-state index contributed by atoms with van der Waals surface area (Å²) in [6.45, 7) is 3.85. The minimum absolute atomic E-state index is 0.342. The standard InChI is InChI=1S/C32H28Cl2N2O5/c1-3-4-17-41-30(40)19-13-15-20(16-14-19)35-27(37)18(2)36-28(38)25-26(29(36)39)32(34)22-10-6-5-9-21(22)31(25,33)23-11-7-8-12-24(23)32/h5-16,18,25-26H,3-4,17H2,1-2H3,(H,35,37)/t18-,25-,26+,31?,32?/m1/s1. The Kier molecular flexibility index (Phi) is 6.70. The second-order valence-electron chi connectivity index (χ2n) is 10.7. The average molecular weight is 591 g/mol. The van der Waals surface area contributed by atoms with E-state index in [4.69, 9.17) is 27.9 Å². The number of rotatable bonds is 7. The molecule has 0 unspecified atom stereocenters. The molecule has 9 heteroatoms. The van der Waals surface area contributed by atoms with Crippen LogP contribution in [0.2, 0.25) is 0 Å². The van der Waals surface area contributed by atoms with Crippen LogP contribution in [0, 0.1) is 11.8 Å². The number of ether oxygens (including phenoxy) is 1. The molecule has 210 valence electrons. The van der Waals surface area contributed by atoms with Crippen molar-refractivity contribution in [2.45, 2.75) is 42.5 Å². The molecule has 2 bridgehead atoms. The van der Waals surface area contributed by atoms with Gasteiger partial charge in [-0.2, -0.15) is 0 Å². The van der Waals surface area contributed by atoms with Crippen molar-refractivity contribution in [3.05, 3.63) is 101 Å². The molecule has 4 aliphatic rings. The first-order valence-electron chi connectivity index (χ1n) is 13.7. The lowest BCUT2D eigenvalue weighted by Gasteiger charge is -2.54. The molecular formula is C32H28Cl2N2O5. The van der Waals surface area contributed by atoms with Gasteiger partial charge in [-0.15, -0.1) is 23.2 Å². The summed E-state index contributed by atoms with van der Waals surface area (Å²) < 4.78 is 5.22. The molecule has 0 radical (unpaired) electrons. The number of hydrogen-bond acceptors (Lipinski definition) is 5. The molecule has 1 heterocycles. The largest absolute Gasteiger partial charge is 0.462 e. The predicted octanol–water partition coefficient (Wildman–Crippen LogP) is 5.56. The molecule has 0 spiro atoms. The normalized spacial score (nSPS) is 26.2. The minimum atomic E-state index is -1.31. The Bertz CT molecular complexity index is 1470. The Labute approximate surface area is 247 Å². The maximum Gasteiger partial charge on any atom is 0.338 e. The first-order valence-corrected chi connectivity index (χ1v) is 14.4. The number of esters is 1. The Hall–Kier alpha value is -3.68. The predicted molar refractivity (Wildman–Crippen MR) is 155 cm³/mol. The molecule has 7 rings (SSSR count). The molecule has 7 nitrogen and oxygen atoms in total. The number of likely N-dealkylation sites (tertiary alicyclic amines) is 1. The minimum Gasteiger partial charge on any atom is -0.462 e. The summed E-state index contributed by atoms with van der Waals surface area (Å²) in [6.07, 6.45) is 1.69. The van der Waals surface area contributed by atoms with Crippen LogP contribution in [0.15, 0.2) is 72.8 Å². The van der Waals surface area contributed by atoms with Gasteiger partial charge in [0.15, 0.2) is 0 Å². The fourth-order valence-electron chi connectivity index (χ4n) is 6.52. The van der Waals surface area contributed by atoms with Crippen molar-refractivity contribution in [3.63, 3.8) is 0 Å². The molecule has 1 N–H and O–H groups in total. The number of halogens is 2. The summed E-state index contributed by atoms with van der Waals surface area (Å²) in [5.74, 6) is -4.02. The van der Waals surface area contributed by atoms with Crippen molar-refractivity contribution >= 4 is 52.6 Å². The Balaban J connectivity index is 1.28. The third-order valence-electron chi connectivity index (χ3n) is 8.51. The van der Waals surface area contributed by atoms with Gasteiger partial charge in [0.05, 0.1) is 24.0 Å². The molecule has 3 amide bonds. The SMILES string of the molecule is CCCCOC(=O)c1ccc(NC(=O)[C@@H](C)N2C(=O)[C@@H]3[C@H](C2=O)C2(Cl)c4ccccc4C3(Cl)c3ccccc32)cc1. The molecule has 0 aromatic heterocycles. The van der Waals surface area contributed by atoms with Gasteiger partial charge in [0, 0.05) is 5.69 Å². The van der Waals surface area contributed by atoms with E-state index < -0.39 is 51.3 Å². The summed E-state index contributed by atoms with van der Waals surface area (Å²) in [6, 6.07) is 19.9. The number of carbonyl (C=O) groups excluding carboxylic acids is 4. The van der Waals surface area contributed by atoms with Crippen LogP contribution < -0.4 is 5.32 Å². The van der Waals surface area contributed by atoms with E-state index in [1.54, 1.807) is 24.3 Å². The van der Waals surface area contributed by atoms with Crippen LogP contribution in [0.25, 0.3) is 0 Å². The Morgan fingerprint density at radius 1 is 0.854 bits per heavy atom. The number of imide groups is 1. The zero-order valence-electron chi connectivity index (χ0n) is 22.5. The first-order chi connectivity index (χ1) is 19.6. The zero-order chi connectivity index (χ0) is 29.1. The highest BCUT2D eigenvalue weighted by molar-refractivity contribution is 6.36. The molecule has 3 atom stereocenters. The lowest BCUT2D eigenvalue weighted by molar-refractivity contribution is -0.146. The van der Waals surface area contributed by atoms with E-state index in [0.717, 1.165) is 17.7 Å². The number of anilines is 1. The highest BCUT2D eigenvalue weighted by Crippen LogP contribution is 2.69. The maximum absolute atomic E-state index is 14.1. The number of amides is 3. The van der Waals surface area contributed by atoms with Gasteiger partial charge in [-0.3, -0.25) is 19.3 Å². The highest BCUT2D eigenvalue weighted by atomic mass is 35.5. The molecule has 3 aromatic carbocycles. The highest BCUT2D eigenvalue weighted by Gasteiger charge is 2.73. The van der Waals surface area contributed by atoms with Gasteiger partial charge in [0.2, 0.25) is 17.7 Å².